The molecule has 0 amide bonds. The van der Waals surface area contributed by atoms with E-state index in [0.717, 1.165) is 11.3 Å². The quantitative estimate of drug-likeness (QED) is 0.899. The van der Waals surface area contributed by atoms with Crippen molar-refractivity contribution in [2.45, 2.75) is 25.1 Å². The number of nitrogens with one attached hydrogen (secondary N) is 1. The fraction of sp³-hybridized carbons (Fsp3) is 0.375. The minimum Gasteiger partial charge on any atom is -0.508 e. The van der Waals surface area contributed by atoms with Crippen molar-refractivity contribution in [2.75, 3.05) is 12.9 Å². The molecule has 7 heteroatoms. The Morgan fingerprint density at radius 2 is 2.22 bits per heavy atom. The van der Waals surface area contributed by atoms with Gasteiger partial charge in [-0.05, 0) is 24.6 Å². The molecule has 122 valence electrons. The second kappa shape index (κ2) is 6.25. The Bertz CT molecular complexity index is 825. The number of hydrogen-bond donors (Lipinski definition) is 2. The molecule has 0 aliphatic carbocycles. The van der Waals surface area contributed by atoms with E-state index in [2.05, 4.69) is 15.0 Å². The van der Waals surface area contributed by atoms with Crippen LogP contribution in [-0.2, 0) is 15.5 Å². The molecule has 0 saturated heterocycles. The van der Waals surface area contributed by atoms with Crippen molar-refractivity contribution in [3.63, 3.8) is 0 Å². The molecule has 3 unspecified atom stereocenters. The summed E-state index contributed by atoms with van der Waals surface area (Å²) < 4.78 is 18.1. The number of aromatic amines is 1. The van der Waals surface area contributed by atoms with Gasteiger partial charge in [-0.15, -0.1) is 0 Å². The maximum Gasteiger partial charge on any atom is 0.197 e. The van der Waals surface area contributed by atoms with E-state index in [1.165, 1.54) is 0 Å². The first-order chi connectivity index (χ1) is 11.0. The molecule has 2 N–H and O–H groups in total. The van der Waals surface area contributed by atoms with Crippen LogP contribution in [0.1, 0.15) is 13.8 Å². The Hall–Kier alpha value is -1.99. The molecule has 1 aromatic heterocycles. The van der Waals surface area contributed by atoms with Crippen LogP contribution in [0.25, 0.3) is 11.0 Å². The van der Waals surface area contributed by atoms with Gasteiger partial charge in [-0.3, -0.25) is 9.20 Å². The van der Waals surface area contributed by atoms with E-state index in [4.69, 9.17) is 4.74 Å². The van der Waals surface area contributed by atoms with Gasteiger partial charge >= 0.3 is 0 Å². The lowest BCUT2D eigenvalue weighted by molar-refractivity contribution is 0.107. The third-order valence-corrected chi connectivity index (χ3v) is 5.24. The van der Waals surface area contributed by atoms with E-state index >= 15 is 0 Å². The summed E-state index contributed by atoms with van der Waals surface area (Å²) in [6, 6.07) is 4.81. The Kier molecular flexibility index (Phi) is 4.32. The molecule has 1 aliphatic rings. The number of H-pyrrole nitrogens is 1. The number of phenols is 1. The van der Waals surface area contributed by atoms with Gasteiger partial charge in [-0.25, -0.2) is 4.98 Å². The van der Waals surface area contributed by atoms with Crippen LogP contribution in [0.3, 0.4) is 0 Å². The first-order valence-electron chi connectivity index (χ1n) is 7.32. The lowest BCUT2D eigenvalue weighted by Gasteiger charge is -2.27. The zero-order valence-corrected chi connectivity index (χ0v) is 14.1. The van der Waals surface area contributed by atoms with Crippen molar-refractivity contribution >= 4 is 27.5 Å². The number of fused-ring (bicyclic) bond motifs is 1. The van der Waals surface area contributed by atoms with Gasteiger partial charge in [0, 0.05) is 31.0 Å². The number of rotatable bonds is 4. The summed E-state index contributed by atoms with van der Waals surface area (Å²) >= 11 is 0. The Labute approximate surface area is 136 Å². The van der Waals surface area contributed by atoms with Crippen LogP contribution in [0, 0.1) is 5.92 Å². The molecule has 3 atom stereocenters. The first kappa shape index (κ1) is 15.9. The Morgan fingerprint density at radius 3 is 2.96 bits per heavy atom. The molecule has 0 fully saturated rings. The van der Waals surface area contributed by atoms with E-state index in [1.54, 1.807) is 31.5 Å². The predicted molar refractivity (Wildman–Crippen MR) is 90.2 cm³/mol. The molecule has 3 rings (SSSR count). The predicted octanol–water partition coefficient (Wildman–Crippen LogP) is 2.39. The van der Waals surface area contributed by atoms with Crippen molar-refractivity contribution < 1.29 is 14.1 Å². The molecule has 2 aromatic rings. The molecular formula is C16H19N3O3S. The summed E-state index contributed by atoms with van der Waals surface area (Å²) in [6.07, 6.45) is 1.74. The molecule has 2 heterocycles. The first-order valence-corrected chi connectivity index (χ1v) is 8.64. The number of imidazole rings is 1. The molecule has 0 radical (unpaired) electrons. The summed E-state index contributed by atoms with van der Waals surface area (Å²) in [5.74, 6) is 0.519. The van der Waals surface area contributed by atoms with E-state index < -0.39 is 10.8 Å². The monoisotopic (exact) mass is 333 g/mol. The highest BCUT2D eigenvalue weighted by Crippen LogP contribution is 2.24. The summed E-state index contributed by atoms with van der Waals surface area (Å²) in [5.41, 5.74) is 3.24. The molecule has 23 heavy (non-hydrogen) atoms. The van der Waals surface area contributed by atoms with E-state index in [0.29, 0.717) is 21.9 Å². The molecule has 1 aromatic carbocycles. The second-order valence-corrected chi connectivity index (χ2v) is 7.04. The third-order valence-electron chi connectivity index (χ3n) is 4.05. The normalized spacial score (nSPS) is 22.7. The van der Waals surface area contributed by atoms with Gasteiger partial charge in [-0.1, -0.05) is 6.92 Å². The summed E-state index contributed by atoms with van der Waals surface area (Å²) in [6.45, 7) is 4.00. The Balaban J connectivity index is 1.83. The highest BCUT2D eigenvalue weighted by molar-refractivity contribution is 7.85. The number of methoxy groups -OCH3 is 1. The number of ether oxygens (including phenoxy) is 1. The van der Waals surface area contributed by atoms with Crippen LogP contribution in [-0.4, -0.2) is 44.0 Å². The smallest absolute Gasteiger partial charge is 0.197 e. The third kappa shape index (κ3) is 3.07. The van der Waals surface area contributed by atoms with E-state index in [-0.39, 0.29) is 17.8 Å². The standard InChI is InChI=1S/C16H19N3O3S/c1-9-7-17-14(10(2)15(9)22-3)8-23(21)16-18-12-5-4-11(20)6-13(12)19-16/h4-7,10,15,20H,8H2,1-3H3,(H,18,19). The molecule has 1 aliphatic heterocycles. The number of aromatic nitrogens is 2. The number of phenolic OH excluding ortho intramolecular Hbond substituents is 1. The molecular weight excluding hydrogens is 314 g/mol. The van der Waals surface area contributed by atoms with Crippen LogP contribution in [0.5, 0.6) is 5.75 Å². The highest BCUT2D eigenvalue weighted by Gasteiger charge is 2.28. The van der Waals surface area contributed by atoms with Gasteiger partial charge in [-0.2, -0.15) is 0 Å². The van der Waals surface area contributed by atoms with Gasteiger partial charge in [0.05, 0.1) is 33.7 Å². The van der Waals surface area contributed by atoms with Gasteiger partial charge in [0.2, 0.25) is 0 Å². The summed E-state index contributed by atoms with van der Waals surface area (Å²) in [4.78, 5) is 11.8. The van der Waals surface area contributed by atoms with Crippen molar-refractivity contribution in [3.05, 3.63) is 30.0 Å². The largest absolute Gasteiger partial charge is 0.508 e. The number of aliphatic imine (C=N–C) groups is 1. The van der Waals surface area contributed by atoms with Crippen LogP contribution < -0.4 is 0 Å². The minimum atomic E-state index is -1.33. The average Bonchev–Trinajstić information content (AvgIpc) is 2.93. The van der Waals surface area contributed by atoms with Crippen molar-refractivity contribution in [1.82, 2.24) is 9.97 Å². The number of benzene rings is 1. The lowest BCUT2D eigenvalue weighted by atomic mass is 9.92. The van der Waals surface area contributed by atoms with Crippen LogP contribution in [0.15, 0.2) is 40.1 Å². The SMILES string of the molecule is COC1C(C)=CN=C(CS(=O)c2nc3ccc(O)cc3[nH]2)C1C. The van der Waals surface area contributed by atoms with E-state index in [1.807, 2.05) is 13.8 Å². The topological polar surface area (TPSA) is 87.6 Å². The zero-order valence-electron chi connectivity index (χ0n) is 13.2. The molecule has 0 bridgehead atoms. The van der Waals surface area contributed by atoms with Gasteiger partial charge in [0.15, 0.2) is 5.16 Å². The van der Waals surface area contributed by atoms with Gasteiger partial charge < -0.3 is 14.8 Å². The fourth-order valence-electron chi connectivity index (χ4n) is 2.79. The van der Waals surface area contributed by atoms with Crippen LogP contribution in [0.2, 0.25) is 0 Å². The lowest BCUT2D eigenvalue weighted by Crippen LogP contribution is -2.34. The van der Waals surface area contributed by atoms with Crippen LogP contribution >= 0.6 is 0 Å². The average molecular weight is 333 g/mol. The number of nitrogens with zero attached hydrogens (tertiary/aromatic N) is 2. The maximum atomic E-state index is 12.6. The minimum absolute atomic E-state index is 0.0351. The fourth-order valence-corrected chi connectivity index (χ4v) is 3.95. The molecule has 6 nitrogen and oxygen atoms in total. The van der Waals surface area contributed by atoms with Gasteiger partial charge in [0.1, 0.15) is 5.75 Å². The number of hydrogen-bond acceptors (Lipinski definition) is 5. The highest BCUT2D eigenvalue weighted by atomic mass is 32.2. The second-order valence-electron chi connectivity index (χ2n) is 5.67. The molecule has 0 saturated carbocycles. The summed E-state index contributed by atoms with van der Waals surface area (Å²) in [7, 11) is 0.338. The van der Waals surface area contributed by atoms with Crippen molar-refractivity contribution in [3.8, 4) is 5.75 Å². The van der Waals surface area contributed by atoms with Crippen LogP contribution in [0.4, 0.5) is 0 Å². The van der Waals surface area contributed by atoms with Gasteiger partial charge in [0.25, 0.3) is 0 Å². The Morgan fingerprint density at radius 1 is 1.43 bits per heavy atom. The number of aromatic hydroxyl groups is 1. The molecule has 0 spiro atoms. The van der Waals surface area contributed by atoms with Crippen molar-refractivity contribution in [1.29, 1.82) is 0 Å². The zero-order chi connectivity index (χ0) is 16.6. The van der Waals surface area contributed by atoms with Crippen molar-refractivity contribution in [2.24, 2.45) is 10.9 Å². The van der Waals surface area contributed by atoms with E-state index in [9.17, 15) is 9.32 Å². The maximum absolute atomic E-state index is 12.6. The summed E-state index contributed by atoms with van der Waals surface area (Å²) in [5, 5.41) is 9.88.